The lowest BCUT2D eigenvalue weighted by Crippen LogP contribution is -2.47. The van der Waals surface area contributed by atoms with Crippen molar-refractivity contribution in [2.75, 3.05) is 13.7 Å². The number of nitrogens with one attached hydrogen (secondary N) is 1. The lowest BCUT2D eigenvalue weighted by Gasteiger charge is -2.21. The Morgan fingerprint density at radius 3 is 2.20 bits per heavy atom. The van der Waals surface area contributed by atoms with Crippen LogP contribution in [0, 0.1) is 11.8 Å². The number of hydrogen-bond acceptors (Lipinski definition) is 4. The van der Waals surface area contributed by atoms with Crippen LogP contribution in [0.3, 0.4) is 0 Å². The zero-order valence-electron chi connectivity index (χ0n) is 9.74. The topological polar surface area (TPSA) is 81.4 Å². The first kappa shape index (κ1) is 13.9. The highest BCUT2D eigenvalue weighted by Crippen LogP contribution is 2.05. The molecule has 0 aromatic heterocycles. The molecular formula is C10H20N2O3. The third-order valence-electron chi connectivity index (χ3n) is 2.22. The number of methoxy groups -OCH3 is 1. The highest BCUT2D eigenvalue weighted by molar-refractivity contribution is 5.85. The Balaban J connectivity index is 4.42. The van der Waals surface area contributed by atoms with Gasteiger partial charge in [0, 0.05) is 12.5 Å². The first-order valence-corrected chi connectivity index (χ1v) is 5.02. The molecule has 0 aliphatic rings. The van der Waals surface area contributed by atoms with Gasteiger partial charge < -0.3 is 15.8 Å². The van der Waals surface area contributed by atoms with E-state index in [-0.39, 0.29) is 24.3 Å². The second kappa shape index (κ2) is 6.40. The van der Waals surface area contributed by atoms with Crippen molar-refractivity contribution < 1.29 is 14.3 Å². The molecule has 2 unspecified atom stereocenters. The number of amides is 1. The van der Waals surface area contributed by atoms with E-state index in [2.05, 4.69) is 10.1 Å². The molecule has 3 N–H and O–H groups in total. The van der Waals surface area contributed by atoms with Crippen molar-refractivity contribution in [2.24, 2.45) is 17.6 Å². The van der Waals surface area contributed by atoms with E-state index in [4.69, 9.17) is 5.73 Å². The van der Waals surface area contributed by atoms with Crippen LogP contribution < -0.4 is 11.1 Å². The van der Waals surface area contributed by atoms with Crippen LogP contribution in [-0.2, 0) is 14.3 Å². The number of hydrogen-bond donors (Lipinski definition) is 2. The molecule has 0 aromatic rings. The first-order chi connectivity index (χ1) is 6.93. The molecule has 0 fully saturated rings. The van der Waals surface area contributed by atoms with E-state index in [0.717, 1.165) is 0 Å². The number of ether oxygens (including phenoxy) is 1. The molecule has 0 rings (SSSR count). The fourth-order valence-corrected chi connectivity index (χ4v) is 1.03. The van der Waals surface area contributed by atoms with Crippen molar-refractivity contribution in [1.82, 2.24) is 5.32 Å². The van der Waals surface area contributed by atoms with Crippen molar-refractivity contribution in [3.8, 4) is 0 Å². The number of esters is 1. The van der Waals surface area contributed by atoms with Gasteiger partial charge >= 0.3 is 5.97 Å². The van der Waals surface area contributed by atoms with E-state index >= 15 is 0 Å². The van der Waals surface area contributed by atoms with Crippen molar-refractivity contribution in [3.05, 3.63) is 0 Å². The average Bonchev–Trinajstić information content (AvgIpc) is 2.22. The molecule has 0 radical (unpaired) electrons. The van der Waals surface area contributed by atoms with Gasteiger partial charge in [-0.2, -0.15) is 0 Å². The molecular weight excluding hydrogens is 196 g/mol. The van der Waals surface area contributed by atoms with Gasteiger partial charge in [-0.15, -0.1) is 0 Å². The van der Waals surface area contributed by atoms with E-state index < -0.39 is 12.0 Å². The Bertz CT molecular complexity index is 229. The Morgan fingerprint density at radius 2 is 1.87 bits per heavy atom. The van der Waals surface area contributed by atoms with Crippen LogP contribution in [0.5, 0.6) is 0 Å². The maximum Gasteiger partial charge on any atom is 0.328 e. The maximum absolute atomic E-state index is 11.5. The zero-order valence-corrected chi connectivity index (χ0v) is 9.74. The van der Waals surface area contributed by atoms with Crippen LogP contribution in [0.4, 0.5) is 0 Å². The summed E-state index contributed by atoms with van der Waals surface area (Å²) in [7, 11) is 1.30. The molecule has 0 aromatic carbocycles. The molecule has 0 heterocycles. The van der Waals surface area contributed by atoms with E-state index in [9.17, 15) is 9.59 Å². The molecule has 1 amide bonds. The fraction of sp³-hybridized carbons (Fsp3) is 0.800. The summed E-state index contributed by atoms with van der Waals surface area (Å²) in [6.45, 7) is 5.66. The molecule has 88 valence electrons. The molecule has 0 saturated carbocycles. The minimum Gasteiger partial charge on any atom is -0.467 e. The summed E-state index contributed by atoms with van der Waals surface area (Å²) in [6.07, 6.45) is 0. The van der Waals surface area contributed by atoms with Gasteiger partial charge in [0.2, 0.25) is 5.91 Å². The van der Waals surface area contributed by atoms with Crippen molar-refractivity contribution in [3.63, 3.8) is 0 Å². The Morgan fingerprint density at radius 1 is 1.33 bits per heavy atom. The van der Waals surface area contributed by atoms with Gasteiger partial charge in [-0.05, 0) is 5.92 Å². The summed E-state index contributed by atoms with van der Waals surface area (Å²) in [6, 6.07) is -0.600. The smallest absolute Gasteiger partial charge is 0.328 e. The second-order valence-corrected chi connectivity index (χ2v) is 3.89. The van der Waals surface area contributed by atoms with Crippen LogP contribution in [0.15, 0.2) is 0 Å². The SMILES string of the molecule is COC(=O)C(NC(=O)C(C)CN)C(C)C. The summed E-state index contributed by atoms with van der Waals surface area (Å²) in [5.41, 5.74) is 5.36. The first-order valence-electron chi connectivity index (χ1n) is 5.02. The van der Waals surface area contributed by atoms with E-state index in [1.54, 1.807) is 6.92 Å². The molecule has 15 heavy (non-hydrogen) atoms. The number of carbonyl (C=O) groups excluding carboxylic acids is 2. The van der Waals surface area contributed by atoms with Gasteiger partial charge in [-0.3, -0.25) is 4.79 Å². The van der Waals surface area contributed by atoms with Gasteiger partial charge in [0.15, 0.2) is 0 Å². The van der Waals surface area contributed by atoms with Crippen molar-refractivity contribution >= 4 is 11.9 Å². The third-order valence-corrected chi connectivity index (χ3v) is 2.22. The number of rotatable bonds is 5. The fourth-order valence-electron chi connectivity index (χ4n) is 1.03. The Labute approximate surface area is 90.4 Å². The van der Waals surface area contributed by atoms with Gasteiger partial charge in [0.25, 0.3) is 0 Å². The molecule has 2 atom stereocenters. The molecule has 5 nitrogen and oxygen atoms in total. The highest BCUT2D eigenvalue weighted by Gasteiger charge is 2.26. The van der Waals surface area contributed by atoms with Crippen LogP contribution >= 0.6 is 0 Å². The average molecular weight is 216 g/mol. The summed E-state index contributed by atoms with van der Waals surface area (Å²) in [4.78, 5) is 22.8. The van der Waals surface area contributed by atoms with Crippen LogP contribution in [0.1, 0.15) is 20.8 Å². The number of nitrogens with two attached hydrogens (primary N) is 1. The minimum absolute atomic E-state index is 0.00799. The molecule has 0 saturated heterocycles. The Kier molecular flexibility index (Phi) is 5.93. The third kappa shape index (κ3) is 4.29. The summed E-state index contributed by atoms with van der Waals surface area (Å²) in [5.74, 6) is -0.952. The van der Waals surface area contributed by atoms with Gasteiger partial charge in [0.05, 0.1) is 7.11 Å². The van der Waals surface area contributed by atoms with E-state index in [1.165, 1.54) is 7.11 Å². The predicted molar refractivity (Wildman–Crippen MR) is 57.0 cm³/mol. The largest absolute Gasteiger partial charge is 0.467 e. The molecule has 5 heteroatoms. The van der Waals surface area contributed by atoms with Crippen LogP contribution in [-0.4, -0.2) is 31.6 Å². The zero-order chi connectivity index (χ0) is 12.0. The van der Waals surface area contributed by atoms with Gasteiger partial charge in [-0.1, -0.05) is 20.8 Å². The molecule has 0 aliphatic heterocycles. The lowest BCUT2D eigenvalue weighted by molar-refractivity contribution is -0.146. The summed E-state index contributed by atoms with van der Waals surface area (Å²) in [5, 5.41) is 2.62. The quantitative estimate of drug-likeness (QED) is 0.628. The van der Waals surface area contributed by atoms with Crippen LogP contribution in [0.25, 0.3) is 0 Å². The minimum atomic E-state index is -0.600. The molecule has 0 bridgehead atoms. The normalized spacial score (nSPS) is 14.5. The monoisotopic (exact) mass is 216 g/mol. The molecule has 0 spiro atoms. The van der Waals surface area contributed by atoms with Gasteiger partial charge in [-0.25, -0.2) is 4.79 Å². The standard InChI is InChI=1S/C10H20N2O3/c1-6(2)8(10(14)15-4)12-9(13)7(3)5-11/h6-8H,5,11H2,1-4H3,(H,12,13). The van der Waals surface area contributed by atoms with Gasteiger partial charge in [0.1, 0.15) is 6.04 Å². The lowest BCUT2D eigenvalue weighted by atomic mass is 10.0. The summed E-state index contributed by atoms with van der Waals surface area (Å²) < 4.78 is 4.60. The van der Waals surface area contributed by atoms with Crippen molar-refractivity contribution in [1.29, 1.82) is 0 Å². The van der Waals surface area contributed by atoms with E-state index in [1.807, 2.05) is 13.8 Å². The predicted octanol–water partition coefficient (Wildman–Crippen LogP) is -0.105. The highest BCUT2D eigenvalue weighted by atomic mass is 16.5. The maximum atomic E-state index is 11.5. The van der Waals surface area contributed by atoms with E-state index in [0.29, 0.717) is 0 Å². The Hall–Kier alpha value is -1.10. The second-order valence-electron chi connectivity index (χ2n) is 3.89. The van der Waals surface area contributed by atoms with Crippen molar-refractivity contribution in [2.45, 2.75) is 26.8 Å². The summed E-state index contributed by atoms with van der Waals surface area (Å²) >= 11 is 0. The molecule has 0 aliphatic carbocycles. The van der Waals surface area contributed by atoms with Crippen LogP contribution in [0.2, 0.25) is 0 Å². The number of carbonyl (C=O) groups is 2.